The van der Waals surface area contributed by atoms with Crippen LogP contribution < -0.4 is 19.9 Å². The molecule has 0 unspecified atom stereocenters. The molecule has 3 rings (SSSR count). The highest BCUT2D eigenvalue weighted by atomic mass is 16.5. The maximum atomic E-state index is 9.72. The highest BCUT2D eigenvalue weighted by molar-refractivity contribution is 5.57. The summed E-state index contributed by atoms with van der Waals surface area (Å²) in [6, 6.07) is 7.74. The summed E-state index contributed by atoms with van der Waals surface area (Å²) < 4.78 is 16.4. The van der Waals surface area contributed by atoms with Gasteiger partial charge in [-0.15, -0.1) is 5.10 Å². The molecule has 3 N–H and O–H groups in total. The Morgan fingerprint density at radius 2 is 1.96 bits per heavy atom. The SMILES string of the molecule is CCCCc1[nH]nc2c1[C@H](c1cc(OC)cc(OC)c1)C(C#N)=C(N)O2. The van der Waals surface area contributed by atoms with Crippen molar-refractivity contribution < 1.29 is 14.2 Å². The number of aromatic amines is 1. The molecule has 0 amide bonds. The van der Waals surface area contributed by atoms with Crippen LogP contribution in [0.25, 0.3) is 0 Å². The summed E-state index contributed by atoms with van der Waals surface area (Å²) in [5.41, 5.74) is 8.99. The molecule has 1 aromatic carbocycles. The van der Waals surface area contributed by atoms with E-state index in [2.05, 4.69) is 23.2 Å². The maximum Gasteiger partial charge on any atom is 0.244 e. The summed E-state index contributed by atoms with van der Waals surface area (Å²) >= 11 is 0. The van der Waals surface area contributed by atoms with Crippen molar-refractivity contribution in [2.24, 2.45) is 5.73 Å². The number of rotatable bonds is 6. The number of allylic oxidation sites excluding steroid dienone is 1. The van der Waals surface area contributed by atoms with Gasteiger partial charge in [0.05, 0.1) is 20.1 Å². The average molecular weight is 354 g/mol. The van der Waals surface area contributed by atoms with Crippen LogP contribution in [0, 0.1) is 11.3 Å². The molecule has 1 aromatic heterocycles. The van der Waals surface area contributed by atoms with E-state index in [1.165, 1.54) is 0 Å². The second-order valence-corrected chi connectivity index (χ2v) is 6.10. The van der Waals surface area contributed by atoms with Crippen LogP contribution in [0.5, 0.6) is 17.4 Å². The molecule has 1 atom stereocenters. The first kappa shape index (κ1) is 17.7. The number of nitriles is 1. The molecule has 7 heteroatoms. The van der Waals surface area contributed by atoms with Crippen molar-refractivity contribution in [1.29, 1.82) is 5.26 Å². The number of nitrogens with zero attached hydrogens (tertiary/aromatic N) is 2. The summed E-state index contributed by atoms with van der Waals surface area (Å²) in [5.74, 6) is 1.38. The minimum absolute atomic E-state index is 0.0697. The maximum absolute atomic E-state index is 9.72. The van der Waals surface area contributed by atoms with Gasteiger partial charge in [0.1, 0.15) is 23.1 Å². The molecule has 1 aliphatic rings. The van der Waals surface area contributed by atoms with Gasteiger partial charge in [-0.3, -0.25) is 5.10 Å². The van der Waals surface area contributed by atoms with E-state index in [4.69, 9.17) is 19.9 Å². The molecule has 0 saturated heterocycles. The van der Waals surface area contributed by atoms with Crippen molar-refractivity contribution in [3.05, 3.63) is 46.5 Å². The van der Waals surface area contributed by atoms with Crippen molar-refractivity contribution in [2.45, 2.75) is 32.1 Å². The second kappa shape index (κ2) is 7.40. The number of methoxy groups -OCH3 is 2. The third-order valence-electron chi connectivity index (χ3n) is 4.51. The monoisotopic (exact) mass is 354 g/mol. The van der Waals surface area contributed by atoms with Gasteiger partial charge in [0, 0.05) is 17.3 Å². The fraction of sp³-hybridized carbons (Fsp3) is 0.368. The Kier molecular flexibility index (Phi) is 5.03. The fourth-order valence-corrected chi connectivity index (χ4v) is 3.18. The lowest BCUT2D eigenvalue weighted by Gasteiger charge is -2.24. The lowest BCUT2D eigenvalue weighted by atomic mass is 9.83. The van der Waals surface area contributed by atoms with Crippen LogP contribution in [-0.2, 0) is 6.42 Å². The van der Waals surface area contributed by atoms with Gasteiger partial charge >= 0.3 is 0 Å². The van der Waals surface area contributed by atoms with E-state index >= 15 is 0 Å². The van der Waals surface area contributed by atoms with E-state index in [0.29, 0.717) is 23.0 Å². The number of nitrogens with one attached hydrogen (secondary N) is 1. The Bertz CT molecular complexity index is 857. The summed E-state index contributed by atoms with van der Waals surface area (Å²) in [5, 5.41) is 17.0. The van der Waals surface area contributed by atoms with Crippen LogP contribution >= 0.6 is 0 Å². The van der Waals surface area contributed by atoms with E-state index in [1.807, 2.05) is 12.1 Å². The highest BCUT2D eigenvalue weighted by Crippen LogP contribution is 2.44. The van der Waals surface area contributed by atoms with Gasteiger partial charge < -0.3 is 19.9 Å². The fourth-order valence-electron chi connectivity index (χ4n) is 3.18. The van der Waals surface area contributed by atoms with Crippen LogP contribution in [0.3, 0.4) is 0 Å². The molecule has 2 heterocycles. The smallest absolute Gasteiger partial charge is 0.244 e. The zero-order valence-corrected chi connectivity index (χ0v) is 15.1. The predicted molar refractivity (Wildman–Crippen MR) is 96.0 cm³/mol. The zero-order chi connectivity index (χ0) is 18.7. The number of aromatic nitrogens is 2. The summed E-state index contributed by atoms with van der Waals surface area (Å²) in [7, 11) is 3.18. The van der Waals surface area contributed by atoms with Gasteiger partial charge in [0.2, 0.25) is 11.8 Å². The number of H-pyrrole nitrogens is 1. The van der Waals surface area contributed by atoms with Gasteiger partial charge in [0.25, 0.3) is 0 Å². The number of ether oxygens (including phenoxy) is 3. The number of hydrogen-bond donors (Lipinski definition) is 2. The standard InChI is InChI=1S/C19H22N4O3/c1-4-5-6-15-17-16(11-7-12(24-2)9-13(8-11)25-3)14(10-20)18(21)26-19(17)23-22-15/h7-9,16H,4-6,21H2,1-3H3,(H,22,23)/t16-/m1/s1. The minimum atomic E-state index is -0.390. The van der Waals surface area contributed by atoms with Gasteiger partial charge in [0.15, 0.2) is 0 Å². The Balaban J connectivity index is 2.19. The topological polar surface area (TPSA) is 106 Å². The van der Waals surface area contributed by atoms with Crippen LogP contribution in [0.4, 0.5) is 0 Å². The first-order valence-electron chi connectivity index (χ1n) is 8.50. The van der Waals surface area contributed by atoms with Crippen molar-refractivity contribution in [2.75, 3.05) is 14.2 Å². The number of aryl methyl sites for hydroxylation is 1. The molecule has 26 heavy (non-hydrogen) atoms. The lowest BCUT2D eigenvalue weighted by molar-refractivity contribution is 0.376. The van der Waals surface area contributed by atoms with Crippen molar-refractivity contribution in [1.82, 2.24) is 10.2 Å². The van der Waals surface area contributed by atoms with Crippen LogP contribution in [0.2, 0.25) is 0 Å². The molecular weight excluding hydrogens is 332 g/mol. The molecule has 0 saturated carbocycles. The van der Waals surface area contributed by atoms with Crippen molar-refractivity contribution >= 4 is 0 Å². The molecule has 0 radical (unpaired) electrons. The Morgan fingerprint density at radius 1 is 1.27 bits per heavy atom. The first-order chi connectivity index (χ1) is 12.6. The molecule has 2 aromatic rings. The Morgan fingerprint density at radius 3 is 2.54 bits per heavy atom. The van der Waals surface area contributed by atoms with Gasteiger partial charge in [-0.2, -0.15) is 5.26 Å². The van der Waals surface area contributed by atoms with E-state index < -0.39 is 5.92 Å². The number of benzene rings is 1. The quantitative estimate of drug-likeness (QED) is 0.826. The van der Waals surface area contributed by atoms with Crippen molar-refractivity contribution in [3.63, 3.8) is 0 Å². The van der Waals surface area contributed by atoms with Crippen molar-refractivity contribution in [3.8, 4) is 23.4 Å². The molecule has 1 aliphatic heterocycles. The minimum Gasteiger partial charge on any atom is -0.497 e. The van der Waals surface area contributed by atoms with Crippen LogP contribution in [0.1, 0.15) is 42.5 Å². The number of fused-ring (bicyclic) bond motifs is 1. The summed E-state index contributed by atoms with van der Waals surface area (Å²) in [4.78, 5) is 0. The van der Waals surface area contributed by atoms with Gasteiger partial charge in [-0.1, -0.05) is 13.3 Å². The first-order valence-corrected chi connectivity index (χ1v) is 8.50. The molecule has 0 fully saturated rings. The van der Waals surface area contributed by atoms with E-state index in [0.717, 1.165) is 36.1 Å². The van der Waals surface area contributed by atoms with Crippen LogP contribution in [-0.4, -0.2) is 24.4 Å². The van der Waals surface area contributed by atoms with Crippen LogP contribution in [0.15, 0.2) is 29.7 Å². The molecule has 136 valence electrons. The zero-order valence-electron chi connectivity index (χ0n) is 15.1. The Hall–Kier alpha value is -3.14. The largest absolute Gasteiger partial charge is 0.497 e. The molecular formula is C19H22N4O3. The molecule has 0 aliphatic carbocycles. The number of hydrogen-bond acceptors (Lipinski definition) is 6. The predicted octanol–water partition coefficient (Wildman–Crippen LogP) is 2.99. The molecule has 0 spiro atoms. The number of nitrogens with two attached hydrogens (primary N) is 1. The Labute approximate surface area is 152 Å². The van der Waals surface area contributed by atoms with Gasteiger partial charge in [-0.05, 0) is 30.5 Å². The normalized spacial score (nSPS) is 15.8. The summed E-state index contributed by atoms with van der Waals surface area (Å²) in [6.07, 6.45) is 2.87. The van der Waals surface area contributed by atoms with E-state index in [1.54, 1.807) is 20.3 Å². The highest BCUT2D eigenvalue weighted by Gasteiger charge is 2.35. The third-order valence-corrected chi connectivity index (χ3v) is 4.51. The third kappa shape index (κ3) is 3.06. The average Bonchev–Trinajstić information content (AvgIpc) is 3.06. The van der Waals surface area contributed by atoms with E-state index in [-0.39, 0.29) is 5.88 Å². The molecule has 7 nitrogen and oxygen atoms in total. The number of unbranched alkanes of at least 4 members (excludes halogenated alkanes) is 1. The summed E-state index contributed by atoms with van der Waals surface area (Å²) in [6.45, 7) is 2.13. The van der Waals surface area contributed by atoms with Gasteiger partial charge in [-0.25, -0.2) is 0 Å². The lowest BCUT2D eigenvalue weighted by Crippen LogP contribution is -2.21. The van der Waals surface area contributed by atoms with E-state index in [9.17, 15) is 5.26 Å². The molecule has 0 bridgehead atoms. The second-order valence-electron chi connectivity index (χ2n) is 6.10.